The number of primary amides is 1. The van der Waals surface area contributed by atoms with E-state index >= 15 is 0 Å². The number of rotatable bonds is 4. The minimum atomic E-state index is -0.352. The van der Waals surface area contributed by atoms with Crippen LogP contribution in [0.15, 0.2) is 27.1 Å². The number of hydrogen-bond acceptors (Lipinski definition) is 2. The Hall–Kier alpha value is -0.390. The number of carbonyl (C=O) groups is 1. The number of benzene rings is 1. The van der Waals surface area contributed by atoms with Crippen molar-refractivity contribution in [1.82, 2.24) is 5.32 Å². The Balaban J connectivity index is 2.73. The van der Waals surface area contributed by atoms with Crippen LogP contribution in [0.2, 0.25) is 0 Å². The molecule has 5 heteroatoms. The van der Waals surface area contributed by atoms with Gasteiger partial charge in [0, 0.05) is 15.0 Å². The second-order valence-electron chi connectivity index (χ2n) is 3.23. The lowest BCUT2D eigenvalue weighted by Crippen LogP contribution is -2.30. The fraction of sp³-hybridized carbons (Fsp3) is 0.300. The molecule has 0 aromatic heterocycles. The highest BCUT2D eigenvalue weighted by molar-refractivity contribution is 9.11. The summed E-state index contributed by atoms with van der Waals surface area (Å²) >= 11 is 6.85. The molecule has 1 unspecified atom stereocenters. The second kappa shape index (κ2) is 5.63. The molecule has 1 aromatic carbocycles. The number of carbonyl (C=O) groups excluding carboxylic acids is 1. The summed E-state index contributed by atoms with van der Waals surface area (Å²) in [7, 11) is 0. The Morgan fingerprint density at radius 1 is 1.53 bits per heavy atom. The van der Waals surface area contributed by atoms with E-state index in [4.69, 9.17) is 5.73 Å². The highest BCUT2D eigenvalue weighted by atomic mass is 79.9. The van der Waals surface area contributed by atoms with Crippen molar-refractivity contribution in [3.05, 3.63) is 32.7 Å². The topological polar surface area (TPSA) is 55.1 Å². The predicted molar refractivity (Wildman–Crippen MR) is 67.5 cm³/mol. The van der Waals surface area contributed by atoms with Crippen LogP contribution in [0.1, 0.15) is 18.5 Å². The molecule has 0 aliphatic rings. The van der Waals surface area contributed by atoms with E-state index in [0.717, 1.165) is 14.5 Å². The van der Waals surface area contributed by atoms with E-state index in [-0.39, 0.29) is 18.5 Å². The molecule has 1 amide bonds. The number of amides is 1. The molecule has 0 aliphatic carbocycles. The van der Waals surface area contributed by atoms with E-state index in [1.807, 2.05) is 25.1 Å². The van der Waals surface area contributed by atoms with Gasteiger partial charge in [-0.25, -0.2) is 0 Å². The van der Waals surface area contributed by atoms with Crippen LogP contribution in [-0.2, 0) is 4.79 Å². The summed E-state index contributed by atoms with van der Waals surface area (Å²) in [5.41, 5.74) is 6.16. The Kier molecular flexibility index (Phi) is 4.76. The fourth-order valence-corrected chi connectivity index (χ4v) is 2.61. The first kappa shape index (κ1) is 12.7. The maximum atomic E-state index is 10.6. The Morgan fingerprint density at radius 3 is 2.73 bits per heavy atom. The number of halogens is 2. The van der Waals surface area contributed by atoms with E-state index in [2.05, 4.69) is 37.2 Å². The van der Waals surface area contributed by atoms with Crippen molar-refractivity contribution in [2.75, 3.05) is 6.54 Å². The summed E-state index contributed by atoms with van der Waals surface area (Å²) in [6.07, 6.45) is 0. The van der Waals surface area contributed by atoms with Crippen LogP contribution in [0.5, 0.6) is 0 Å². The predicted octanol–water partition coefficient (Wildman–Crippen LogP) is 2.35. The number of hydrogen-bond donors (Lipinski definition) is 2. The summed E-state index contributed by atoms with van der Waals surface area (Å²) in [6, 6.07) is 6.01. The molecule has 1 aromatic rings. The van der Waals surface area contributed by atoms with Crippen molar-refractivity contribution in [2.24, 2.45) is 5.73 Å². The van der Waals surface area contributed by atoms with Gasteiger partial charge in [0.25, 0.3) is 0 Å². The third-order valence-corrected chi connectivity index (χ3v) is 3.19. The molecule has 3 nitrogen and oxygen atoms in total. The first-order valence-corrected chi connectivity index (χ1v) is 6.06. The van der Waals surface area contributed by atoms with Gasteiger partial charge in [0.1, 0.15) is 0 Å². The first-order valence-electron chi connectivity index (χ1n) is 4.47. The molecule has 0 heterocycles. The highest BCUT2D eigenvalue weighted by Gasteiger charge is 2.09. The SMILES string of the molecule is CC(NCC(N)=O)c1ccc(Br)cc1Br. The first-order chi connectivity index (χ1) is 7.00. The molecular weight excluding hydrogens is 324 g/mol. The highest BCUT2D eigenvalue weighted by Crippen LogP contribution is 2.26. The van der Waals surface area contributed by atoms with Crippen LogP contribution in [0.4, 0.5) is 0 Å². The minimum absolute atomic E-state index is 0.0833. The Labute approximate surface area is 106 Å². The van der Waals surface area contributed by atoms with Crippen molar-refractivity contribution >= 4 is 37.8 Å². The summed E-state index contributed by atoms with van der Waals surface area (Å²) < 4.78 is 2.02. The van der Waals surface area contributed by atoms with Crippen LogP contribution in [0.25, 0.3) is 0 Å². The van der Waals surface area contributed by atoms with E-state index < -0.39 is 0 Å². The summed E-state index contributed by atoms with van der Waals surface area (Å²) in [4.78, 5) is 10.6. The Morgan fingerprint density at radius 2 is 2.20 bits per heavy atom. The van der Waals surface area contributed by atoms with Crippen molar-refractivity contribution in [3.63, 3.8) is 0 Å². The molecule has 0 saturated heterocycles. The summed E-state index contributed by atoms with van der Waals surface area (Å²) in [6.45, 7) is 2.17. The average molecular weight is 336 g/mol. The molecule has 0 radical (unpaired) electrons. The monoisotopic (exact) mass is 334 g/mol. The normalized spacial score (nSPS) is 12.5. The van der Waals surface area contributed by atoms with Crippen LogP contribution < -0.4 is 11.1 Å². The third-order valence-electron chi connectivity index (χ3n) is 2.01. The van der Waals surface area contributed by atoms with Crippen molar-refractivity contribution in [2.45, 2.75) is 13.0 Å². The van der Waals surface area contributed by atoms with Crippen molar-refractivity contribution in [3.8, 4) is 0 Å². The third kappa shape index (κ3) is 3.93. The van der Waals surface area contributed by atoms with Crippen LogP contribution in [-0.4, -0.2) is 12.5 Å². The molecular formula is C10H12Br2N2O. The lowest BCUT2D eigenvalue weighted by molar-refractivity contribution is -0.117. The molecule has 0 aliphatic heterocycles. The zero-order valence-electron chi connectivity index (χ0n) is 8.26. The molecule has 1 atom stereocenters. The molecule has 1 rings (SSSR count). The number of nitrogens with two attached hydrogens (primary N) is 1. The van der Waals surface area contributed by atoms with Gasteiger partial charge in [-0.15, -0.1) is 0 Å². The van der Waals surface area contributed by atoms with Gasteiger partial charge in [-0.3, -0.25) is 4.79 Å². The quantitative estimate of drug-likeness (QED) is 0.887. The van der Waals surface area contributed by atoms with Crippen molar-refractivity contribution in [1.29, 1.82) is 0 Å². The van der Waals surface area contributed by atoms with E-state index in [0.29, 0.717) is 0 Å². The van der Waals surface area contributed by atoms with Crippen LogP contribution >= 0.6 is 31.9 Å². The molecule has 0 spiro atoms. The van der Waals surface area contributed by atoms with Gasteiger partial charge in [-0.2, -0.15) is 0 Å². The molecule has 3 N–H and O–H groups in total. The van der Waals surface area contributed by atoms with Gasteiger partial charge in [0.2, 0.25) is 5.91 Å². The summed E-state index contributed by atoms with van der Waals surface area (Å²) in [5.74, 6) is -0.352. The molecule has 0 bridgehead atoms. The van der Waals surface area contributed by atoms with Gasteiger partial charge in [-0.1, -0.05) is 37.9 Å². The zero-order chi connectivity index (χ0) is 11.4. The molecule has 0 fully saturated rings. The maximum Gasteiger partial charge on any atom is 0.231 e. The molecule has 15 heavy (non-hydrogen) atoms. The Bertz CT molecular complexity index is 368. The average Bonchev–Trinajstić information content (AvgIpc) is 2.14. The number of nitrogens with one attached hydrogen (secondary N) is 1. The second-order valence-corrected chi connectivity index (χ2v) is 5.00. The lowest BCUT2D eigenvalue weighted by atomic mass is 10.1. The van der Waals surface area contributed by atoms with E-state index in [9.17, 15) is 4.79 Å². The maximum absolute atomic E-state index is 10.6. The largest absolute Gasteiger partial charge is 0.369 e. The van der Waals surface area contributed by atoms with Crippen LogP contribution in [0.3, 0.4) is 0 Å². The van der Waals surface area contributed by atoms with Gasteiger partial charge < -0.3 is 11.1 Å². The van der Waals surface area contributed by atoms with Gasteiger partial charge >= 0.3 is 0 Å². The minimum Gasteiger partial charge on any atom is -0.369 e. The fourth-order valence-electron chi connectivity index (χ4n) is 1.22. The molecule has 0 saturated carbocycles. The van der Waals surface area contributed by atoms with Crippen molar-refractivity contribution < 1.29 is 4.79 Å². The van der Waals surface area contributed by atoms with E-state index in [1.165, 1.54) is 0 Å². The molecule has 82 valence electrons. The van der Waals surface area contributed by atoms with Gasteiger partial charge in [0.05, 0.1) is 6.54 Å². The standard InChI is InChI=1S/C10H12Br2N2O/c1-6(14-5-10(13)15)8-3-2-7(11)4-9(8)12/h2-4,6,14H,5H2,1H3,(H2,13,15). The summed E-state index contributed by atoms with van der Waals surface area (Å²) in [5, 5.41) is 3.04. The van der Waals surface area contributed by atoms with Gasteiger partial charge in [-0.05, 0) is 24.6 Å². The smallest absolute Gasteiger partial charge is 0.231 e. The zero-order valence-corrected chi connectivity index (χ0v) is 11.4. The van der Waals surface area contributed by atoms with Crippen LogP contribution in [0, 0.1) is 0 Å². The lowest BCUT2D eigenvalue weighted by Gasteiger charge is -2.14. The van der Waals surface area contributed by atoms with E-state index in [1.54, 1.807) is 0 Å². The van der Waals surface area contributed by atoms with Gasteiger partial charge in [0.15, 0.2) is 0 Å².